The first kappa shape index (κ1) is 34.5. The number of amides is 1. The number of phenols is 1. The molecule has 0 saturated carbocycles. The van der Waals surface area contributed by atoms with Gasteiger partial charge >= 0.3 is 0 Å². The summed E-state index contributed by atoms with van der Waals surface area (Å²) in [7, 11) is 0. The minimum Gasteiger partial charge on any atom is -0.508 e. The fourth-order valence-corrected chi connectivity index (χ4v) is 7.77. The number of nitrogens with one attached hydrogen (secondary N) is 3. The summed E-state index contributed by atoms with van der Waals surface area (Å²) >= 11 is 0. The zero-order valence-electron chi connectivity index (χ0n) is 31.1. The van der Waals surface area contributed by atoms with Gasteiger partial charge in [-0.15, -0.1) is 0 Å². The van der Waals surface area contributed by atoms with Crippen LogP contribution in [-0.2, 0) is 0 Å². The predicted octanol–water partition coefficient (Wildman–Crippen LogP) is 12.3. The second kappa shape index (κ2) is 14.6. The summed E-state index contributed by atoms with van der Waals surface area (Å²) in [5.41, 5.74) is 15.7. The number of anilines is 1. The van der Waals surface area contributed by atoms with Gasteiger partial charge < -0.3 is 20.4 Å². The van der Waals surface area contributed by atoms with Gasteiger partial charge in [-0.3, -0.25) is 4.79 Å². The maximum absolute atomic E-state index is 13.0. The molecule has 3 aromatic heterocycles. The molecular formula is C51H35N5O2. The van der Waals surface area contributed by atoms with Crippen molar-refractivity contribution >= 4 is 58.0 Å². The molecule has 5 aromatic carbocycles. The van der Waals surface area contributed by atoms with E-state index < -0.39 is 0 Å². The van der Waals surface area contributed by atoms with E-state index in [1.165, 1.54) is 0 Å². The van der Waals surface area contributed by atoms with Gasteiger partial charge in [-0.2, -0.15) is 0 Å². The molecule has 4 N–H and O–H groups in total. The zero-order valence-corrected chi connectivity index (χ0v) is 31.1. The van der Waals surface area contributed by atoms with Gasteiger partial charge in [0.2, 0.25) is 0 Å². The number of phenolic OH excluding ortho intramolecular Hbond substituents is 1. The van der Waals surface area contributed by atoms with E-state index >= 15 is 0 Å². The summed E-state index contributed by atoms with van der Waals surface area (Å²) in [6.45, 7) is 0. The Kier molecular flexibility index (Phi) is 8.65. The summed E-state index contributed by atoms with van der Waals surface area (Å²) in [6.07, 6.45) is 8.28. The number of hydrogen-bond acceptors (Lipinski definition) is 4. The summed E-state index contributed by atoms with van der Waals surface area (Å²) < 4.78 is 0. The van der Waals surface area contributed by atoms with Crippen LogP contribution in [0.3, 0.4) is 0 Å². The van der Waals surface area contributed by atoms with E-state index in [-0.39, 0.29) is 11.7 Å². The topological polar surface area (TPSA) is 107 Å². The molecule has 5 heterocycles. The summed E-state index contributed by atoms with van der Waals surface area (Å²) in [4.78, 5) is 31.2. The van der Waals surface area contributed by atoms with Gasteiger partial charge in [0.1, 0.15) is 5.75 Å². The average molecular weight is 750 g/mol. The van der Waals surface area contributed by atoms with Crippen LogP contribution in [0.15, 0.2) is 164 Å². The molecular weight excluding hydrogens is 715 g/mol. The molecule has 276 valence electrons. The number of aromatic nitrogens is 4. The summed E-state index contributed by atoms with van der Waals surface area (Å²) in [5.74, 6) is 0.0300. The number of fused-ring (bicyclic) bond motifs is 8. The van der Waals surface area contributed by atoms with Crippen molar-refractivity contribution in [3.8, 4) is 50.3 Å². The molecule has 0 fully saturated rings. The maximum atomic E-state index is 13.0. The van der Waals surface area contributed by atoms with E-state index in [1.54, 1.807) is 24.3 Å². The Morgan fingerprint density at radius 2 is 0.759 bits per heavy atom. The molecule has 8 aromatic rings. The lowest BCUT2D eigenvalue weighted by atomic mass is 10.0. The van der Waals surface area contributed by atoms with Crippen LogP contribution in [0, 0.1) is 0 Å². The summed E-state index contributed by atoms with van der Waals surface area (Å²) in [5, 5.41) is 13.3. The molecule has 2 aliphatic heterocycles. The molecule has 0 radical (unpaired) electrons. The molecule has 0 atom stereocenters. The van der Waals surface area contributed by atoms with E-state index in [9.17, 15) is 9.90 Å². The Bertz CT molecular complexity index is 3040. The van der Waals surface area contributed by atoms with Crippen molar-refractivity contribution in [2.45, 2.75) is 0 Å². The van der Waals surface area contributed by atoms with Crippen LogP contribution in [0.4, 0.5) is 5.69 Å². The largest absolute Gasteiger partial charge is 0.508 e. The van der Waals surface area contributed by atoms with Crippen LogP contribution in [0.2, 0.25) is 0 Å². The molecule has 58 heavy (non-hydrogen) atoms. The van der Waals surface area contributed by atoms with Crippen molar-refractivity contribution in [3.63, 3.8) is 0 Å². The fraction of sp³-hybridized carbons (Fsp3) is 0. The van der Waals surface area contributed by atoms with Gasteiger partial charge in [-0.05, 0) is 107 Å². The number of nitrogens with zero attached hydrogens (tertiary/aromatic N) is 2. The Labute approximate surface area is 334 Å². The van der Waals surface area contributed by atoms with Gasteiger partial charge in [-0.25, -0.2) is 9.97 Å². The lowest BCUT2D eigenvalue weighted by Gasteiger charge is -2.09. The first-order chi connectivity index (χ1) is 28.6. The van der Waals surface area contributed by atoms with Crippen LogP contribution in [0.5, 0.6) is 5.75 Å². The highest BCUT2D eigenvalue weighted by Gasteiger charge is 2.19. The maximum Gasteiger partial charge on any atom is 0.255 e. The standard InChI is InChI=1S/C51H35N5O2/c57-38-22-18-35(19-23-38)50-45-30-26-41(55-45)47(32-10-4-1-5-11-32)39-24-28-43(53-39)49(34-16-20-37(21-17-34)52-51(58)36-14-8-3-9-15-36)44-29-25-40(54-44)48(33-12-6-2-7-13-33)42-27-31-46(50)56-42/h1-31,53,56-57H,(H,52,58). The highest BCUT2D eigenvalue weighted by molar-refractivity contribution is 6.05. The lowest BCUT2D eigenvalue weighted by Crippen LogP contribution is -2.11. The van der Waals surface area contributed by atoms with Crippen LogP contribution < -0.4 is 5.32 Å². The minimum absolute atomic E-state index is 0.167. The van der Waals surface area contributed by atoms with Crippen LogP contribution in [0.25, 0.3) is 90.9 Å². The van der Waals surface area contributed by atoms with Crippen molar-refractivity contribution in [1.29, 1.82) is 0 Å². The second-order valence-corrected chi connectivity index (χ2v) is 14.2. The molecule has 7 nitrogen and oxygen atoms in total. The molecule has 2 aliphatic rings. The molecule has 10 rings (SSSR count). The van der Waals surface area contributed by atoms with E-state index in [0.717, 1.165) is 89.4 Å². The van der Waals surface area contributed by atoms with E-state index in [1.807, 2.05) is 91.0 Å². The third kappa shape index (κ3) is 6.46. The molecule has 8 bridgehead atoms. The normalized spacial score (nSPS) is 11.8. The number of aromatic amines is 2. The second-order valence-electron chi connectivity index (χ2n) is 14.2. The Morgan fingerprint density at radius 3 is 1.16 bits per heavy atom. The van der Waals surface area contributed by atoms with E-state index in [2.05, 4.69) is 88.1 Å². The van der Waals surface area contributed by atoms with Crippen LogP contribution in [-0.4, -0.2) is 30.9 Å². The number of H-pyrrole nitrogens is 2. The molecule has 0 spiro atoms. The van der Waals surface area contributed by atoms with Crippen molar-refractivity contribution in [1.82, 2.24) is 19.9 Å². The van der Waals surface area contributed by atoms with Gasteiger partial charge in [0.05, 0.1) is 22.8 Å². The minimum atomic E-state index is -0.167. The number of aromatic hydroxyl groups is 1. The molecule has 1 amide bonds. The molecule has 0 aliphatic carbocycles. The molecule has 0 unspecified atom stereocenters. The fourth-order valence-electron chi connectivity index (χ4n) is 7.77. The van der Waals surface area contributed by atoms with Gasteiger partial charge in [0.25, 0.3) is 5.91 Å². The number of benzene rings is 5. The first-order valence-electron chi connectivity index (χ1n) is 19.1. The Hall–Kier alpha value is -8.03. The smallest absolute Gasteiger partial charge is 0.255 e. The van der Waals surface area contributed by atoms with Crippen molar-refractivity contribution in [3.05, 3.63) is 192 Å². The first-order valence-corrected chi connectivity index (χ1v) is 19.1. The third-order valence-corrected chi connectivity index (χ3v) is 10.5. The van der Waals surface area contributed by atoms with E-state index in [0.29, 0.717) is 11.3 Å². The van der Waals surface area contributed by atoms with Gasteiger partial charge in [-0.1, -0.05) is 103 Å². The van der Waals surface area contributed by atoms with Gasteiger partial charge in [0.15, 0.2) is 0 Å². The Morgan fingerprint density at radius 1 is 0.414 bits per heavy atom. The van der Waals surface area contributed by atoms with Gasteiger partial charge in [0, 0.05) is 55.6 Å². The third-order valence-electron chi connectivity index (χ3n) is 10.5. The SMILES string of the molecule is O=C(Nc1ccc(-c2c3nc(c(-c4ccccc4)c4ccc([nH]4)c(-c4ccc(O)cc4)c4nc(c(-c5ccccc5)c5ccc2[nH]5)C=C4)C=C3)cc1)c1ccccc1. The van der Waals surface area contributed by atoms with Crippen LogP contribution >= 0.6 is 0 Å². The van der Waals surface area contributed by atoms with Crippen LogP contribution in [0.1, 0.15) is 33.1 Å². The zero-order chi connectivity index (χ0) is 39.0. The molecule has 0 saturated heterocycles. The Balaban J connectivity index is 1.27. The van der Waals surface area contributed by atoms with Crippen molar-refractivity contribution < 1.29 is 9.90 Å². The summed E-state index contributed by atoms with van der Waals surface area (Å²) in [6, 6.07) is 53.3. The quantitative estimate of drug-likeness (QED) is 0.136. The highest BCUT2D eigenvalue weighted by atomic mass is 16.3. The number of carbonyl (C=O) groups is 1. The lowest BCUT2D eigenvalue weighted by molar-refractivity contribution is 0.102. The number of rotatable bonds is 6. The average Bonchev–Trinajstić information content (AvgIpc) is 4.11. The predicted molar refractivity (Wildman–Crippen MR) is 237 cm³/mol. The van der Waals surface area contributed by atoms with Crippen molar-refractivity contribution in [2.24, 2.45) is 0 Å². The highest BCUT2D eigenvalue weighted by Crippen LogP contribution is 2.38. The number of carbonyl (C=O) groups excluding carboxylic acids is 1. The van der Waals surface area contributed by atoms with E-state index in [4.69, 9.17) is 9.97 Å². The number of hydrogen-bond donors (Lipinski definition) is 4. The van der Waals surface area contributed by atoms with Crippen molar-refractivity contribution in [2.75, 3.05) is 5.32 Å². The molecule has 7 heteroatoms. The monoisotopic (exact) mass is 749 g/mol.